The maximum Gasteiger partial charge on any atom is 0.271 e. The number of hydrogen-bond donors (Lipinski definition) is 1. The van der Waals surface area contributed by atoms with E-state index in [0.717, 1.165) is 29.5 Å². The van der Waals surface area contributed by atoms with Crippen LogP contribution in [-0.4, -0.2) is 15.8 Å². The van der Waals surface area contributed by atoms with E-state index in [1.54, 1.807) is 0 Å². The van der Waals surface area contributed by atoms with Gasteiger partial charge in [0, 0.05) is 12.1 Å². The Kier molecular flexibility index (Phi) is 5.15. The Hall–Kier alpha value is -2.91. The van der Waals surface area contributed by atoms with Gasteiger partial charge in [-0.15, -0.1) is 11.3 Å². The minimum Gasteiger partial charge on any atom is -0.320 e. The molecule has 0 atom stereocenters. The number of halogens is 3. The molecule has 0 aliphatic heterocycles. The van der Waals surface area contributed by atoms with Crippen LogP contribution in [0.2, 0.25) is 5.02 Å². The zero-order chi connectivity index (χ0) is 19.7. The third-order valence-electron chi connectivity index (χ3n) is 3.59. The van der Waals surface area contributed by atoms with Crippen molar-refractivity contribution in [3.63, 3.8) is 0 Å². The zero-order valence-electron chi connectivity index (χ0n) is 13.6. The molecule has 1 aromatic heterocycles. The highest BCUT2D eigenvalue weighted by Gasteiger charge is 2.21. The quantitative estimate of drug-likeness (QED) is 0.473. The number of thiazole rings is 1. The highest BCUT2D eigenvalue weighted by Crippen LogP contribution is 2.33. The molecule has 0 saturated carbocycles. The minimum absolute atomic E-state index is 0.0138. The van der Waals surface area contributed by atoms with Crippen molar-refractivity contribution in [2.24, 2.45) is 0 Å². The topological polar surface area (TPSA) is 85.1 Å². The highest BCUT2D eigenvalue weighted by molar-refractivity contribution is 7.17. The molecule has 3 rings (SSSR count). The van der Waals surface area contributed by atoms with Gasteiger partial charge in [-0.2, -0.15) is 0 Å². The highest BCUT2D eigenvalue weighted by atomic mass is 35.5. The van der Waals surface area contributed by atoms with Gasteiger partial charge in [-0.25, -0.2) is 13.8 Å². The van der Waals surface area contributed by atoms with E-state index < -0.39 is 22.5 Å². The lowest BCUT2D eigenvalue weighted by Gasteiger charge is -2.06. The first-order valence-corrected chi connectivity index (χ1v) is 8.64. The molecule has 10 heteroatoms. The first-order valence-electron chi connectivity index (χ1n) is 7.45. The van der Waals surface area contributed by atoms with Gasteiger partial charge in [-0.1, -0.05) is 17.7 Å². The van der Waals surface area contributed by atoms with Gasteiger partial charge in [-0.05, 0) is 25.1 Å². The molecule has 0 fully saturated rings. The average molecular weight is 410 g/mol. The van der Waals surface area contributed by atoms with Crippen LogP contribution in [0.15, 0.2) is 36.4 Å². The monoisotopic (exact) mass is 409 g/mol. The smallest absolute Gasteiger partial charge is 0.271 e. The fourth-order valence-corrected chi connectivity index (χ4v) is 3.55. The van der Waals surface area contributed by atoms with Crippen molar-refractivity contribution < 1.29 is 18.5 Å². The number of aryl methyl sites for hydroxylation is 1. The van der Waals surface area contributed by atoms with Crippen LogP contribution in [0.4, 0.5) is 20.2 Å². The second-order valence-electron chi connectivity index (χ2n) is 5.41. The van der Waals surface area contributed by atoms with Crippen molar-refractivity contribution in [2.45, 2.75) is 6.92 Å². The predicted molar refractivity (Wildman–Crippen MR) is 98.3 cm³/mol. The van der Waals surface area contributed by atoms with Gasteiger partial charge in [0.2, 0.25) is 0 Å². The number of nitro benzene ring substituents is 1. The third kappa shape index (κ3) is 3.79. The van der Waals surface area contributed by atoms with E-state index in [0.29, 0.717) is 0 Å². The second-order valence-corrected chi connectivity index (χ2v) is 6.81. The molecule has 0 spiro atoms. The van der Waals surface area contributed by atoms with Gasteiger partial charge >= 0.3 is 0 Å². The van der Waals surface area contributed by atoms with Crippen molar-refractivity contribution in [1.82, 2.24) is 4.98 Å². The van der Waals surface area contributed by atoms with E-state index in [4.69, 9.17) is 11.6 Å². The summed E-state index contributed by atoms with van der Waals surface area (Å²) in [6, 6.07) is 7.04. The number of non-ortho nitro benzene ring substituents is 1. The maximum atomic E-state index is 13.9. The van der Waals surface area contributed by atoms with Crippen LogP contribution in [0.3, 0.4) is 0 Å². The summed E-state index contributed by atoms with van der Waals surface area (Å²) in [5.41, 5.74) is -0.0748. The van der Waals surface area contributed by atoms with Crippen LogP contribution in [0.25, 0.3) is 10.6 Å². The average Bonchev–Trinajstić information content (AvgIpc) is 2.97. The summed E-state index contributed by atoms with van der Waals surface area (Å²) in [5.74, 6) is -2.16. The number of nitro groups is 1. The van der Waals surface area contributed by atoms with Gasteiger partial charge in [-0.3, -0.25) is 14.9 Å². The summed E-state index contributed by atoms with van der Waals surface area (Å²) in [6.07, 6.45) is 0. The molecule has 3 aromatic rings. The van der Waals surface area contributed by atoms with Crippen LogP contribution in [0.1, 0.15) is 15.4 Å². The Morgan fingerprint density at radius 2 is 1.93 bits per heavy atom. The third-order valence-corrected chi connectivity index (χ3v) is 5.08. The molecule has 138 valence electrons. The maximum absolute atomic E-state index is 13.9. The molecule has 1 amide bonds. The summed E-state index contributed by atoms with van der Waals surface area (Å²) < 4.78 is 27.9. The molecular weight excluding hydrogens is 400 g/mol. The summed E-state index contributed by atoms with van der Waals surface area (Å²) >= 11 is 6.78. The van der Waals surface area contributed by atoms with Crippen LogP contribution in [0.5, 0.6) is 0 Å². The van der Waals surface area contributed by atoms with E-state index >= 15 is 0 Å². The second kappa shape index (κ2) is 7.37. The number of carbonyl (C=O) groups excluding carboxylic acids is 1. The number of anilines is 1. The van der Waals surface area contributed by atoms with Crippen molar-refractivity contribution in [3.8, 4) is 10.6 Å². The van der Waals surface area contributed by atoms with E-state index in [1.807, 2.05) is 0 Å². The largest absolute Gasteiger partial charge is 0.320 e. The van der Waals surface area contributed by atoms with Gasteiger partial charge in [0.1, 0.15) is 21.5 Å². The number of rotatable bonds is 4. The van der Waals surface area contributed by atoms with Crippen molar-refractivity contribution >= 4 is 40.2 Å². The van der Waals surface area contributed by atoms with Crippen LogP contribution < -0.4 is 5.32 Å². The molecule has 0 saturated heterocycles. The number of nitrogens with zero attached hydrogens (tertiary/aromatic N) is 2. The van der Waals surface area contributed by atoms with Gasteiger partial charge in [0.15, 0.2) is 0 Å². The first kappa shape index (κ1) is 18.9. The number of nitrogens with one attached hydrogen (secondary N) is 1. The molecule has 0 aliphatic carbocycles. The Morgan fingerprint density at radius 1 is 1.26 bits per heavy atom. The van der Waals surface area contributed by atoms with Gasteiger partial charge in [0.05, 0.1) is 26.9 Å². The lowest BCUT2D eigenvalue weighted by atomic mass is 10.2. The van der Waals surface area contributed by atoms with Crippen LogP contribution >= 0.6 is 22.9 Å². The lowest BCUT2D eigenvalue weighted by Crippen LogP contribution is -2.12. The normalized spacial score (nSPS) is 10.7. The zero-order valence-corrected chi connectivity index (χ0v) is 15.2. The van der Waals surface area contributed by atoms with E-state index in [1.165, 1.54) is 25.1 Å². The number of benzene rings is 2. The molecule has 0 radical (unpaired) electrons. The SMILES string of the molecule is Cc1nc(-c2c(F)cccc2F)sc1C(=O)Nc1ccc([N+](=O)[O-])cc1Cl. The molecule has 2 aromatic carbocycles. The molecular formula is C17H10ClF2N3O3S. The van der Waals surface area contributed by atoms with Gasteiger partial charge in [0.25, 0.3) is 11.6 Å². The van der Waals surface area contributed by atoms with E-state index in [9.17, 15) is 23.7 Å². The standard InChI is InChI=1S/C17H10ClF2N3O3S/c1-8-15(27-17(21-8)14-11(19)3-2-4-12(14)20)16(24)22-13-6-5-9(23(25)26)7-10(13)18/h2-7H,1H3,(H,22,24). The Labute approximate surface area is 160 Å². The molecule has 1 heterocycles. The Bertz CT molecular complexity index is 1050. The molecule has 1 N–H and O–H groups in total. The minimum atomic E-state index is -0.783. The lowest BCUT2D eigenvalue weighted by molar-refractivity contribution is -0.384. The molecule has 0 bridgehead atoms. The van der Waals surface area contributed by atoms with Gasteiger partial charge < -0.3 is 5.32 Å². The summed E-state index contributed by atoms with van der Waals surface area (Å²) in [7, 11) is 0. The Balaban J connectivity index is 1.91. The van der Waals surface area contributed by atoms with Crippen molar-refractivity contribution in [1.29, 1.82) is 0 Å². The molecule has 0 aliphatic rings. The van der Waals surface area contributed by atoms with Crippen molar-refractivity contribution in [3.05, 3.63) is 73.7 Å². The summed E-state index contributed by atoms with van der Waals surface area (Å²) in [5, 5.41) is 13.3. The number of amides is 1. The number of hydrogen-bond acceptors (Lipinski definition) is 5. The molecule has 0 unspecified atom stereocenters. The fourth-order valence-electron chi connectivity index (χ4n) is 2.31. The van der Waals surface area contributed by atoms with Crippen LogP contribution in [-0.2, 0) is 0 Å². The van der Waals surface area contributed by atoms with E-state index in [-0.39, 0.29) is 37.5 Å². The van der Waals surface area contributed by atoms with Crippen LogP contribution in [0, 0.1) is 28.7 Å². The predicted octanol–water partition coefficient (Wildman–Crippen LogP) is 5.21. The number of aromatic nitrogens is 1. The Morgan fingerprint density at radius 3 is 2.52 bits per heavy atom. The molecule has 27 heavy (non-hydrogen) atoms. The number of carbonyl (C=O) groups is 1. The van der Waals surface area contributed by atoms with E-state index in [2.05, 4.69) is 10.3 Å². The summed E-state index contributed by atoms with van der Waals surface area (Å²) in [4.78, 5) is 26.8. The first-order chi connectivity index (χ1) is 12.8. The molecule has 6 nitrogen and oxygen atoms in total. The fraction of sp³-hybridized carbons (Fsp3) is 0.0588. The van der Waals surface area contributed by atoms with Crippen molar-refractivity contribution in [2.75, 3.05) is 5.32 Å². The summed E-state index contributed by atoms with van der Waals surface area (Å²) in [6.45, 7) is 1.53.